The van der Waals surface area contributed by atoms with Crippen LogP contribution < -0.4 is 16.1 Å². The molecule has 1 saturated heterocycles. The Morgan fingerprint density at radius 3 is 2.56 bits per heavy atom. The average Bonchev–Trinajstić information content (AvgIpc) is 2.99. The number of carbonyl (C=O) groups excluding carboxylic acids is 4. The first kappa shape index (κ1) is 32.1. The van der Waals surface area contributed by atoms with Crippen molar-refractivity contribution in [3.05, 3.63) is 47.7 Å². The number of rotatable bonds is 1. The zero-order valence-corrected chi connectivity index (χ0v) is 25.3. The van der Waals surface area contributed by atoms with Crippen LogP contribution in [0.2, 0.25) is 0 Å². The fraction of sp³-hybridized carbons (Fsp3) is 0.531. The van der Waals surface area contributed by atoms with E-state index >= 15 is 0 Å². The van der Waals surface area contributed by atoms with E-state index in [4.69, 9.17) is 9.72 Å². The molecule has 4 N–H and O–H groups in total. The zero-order valence-electron chi connectivity index (χ0n) is 25.3. The van der Waals surface area contributed by atoms with E-state index in [-0.39, 0.29) is 24.7 Å². The van der Waals surface area contributed by atoms with Gasteiger partial charge in [0.25, 0.3) is 5.91 Å². The van der Waals surface area contributed by atoms with Crippen molar-refractivity contribution in [2.45, 2.75) is 96.6 Å². The van der Waals surface area contributed by atoms with Gasteiger partial charge in [-0.2, -0.15) is 0 Å². The number of aromatic nitrogens is 1. The second-order valence-electron chi connectivity index (χ2n) is 11.8. The monoisotopic (exact) mass is 593 g/mol. The fourth-order valence-corrected chi connectivity index (χ4v) is 5.24. The van der Waals surface area contributed by atoms with Crippen molar-refractivity contribution in [3.63, 3.8) is 0 Å². The number of nitrogens with one attached hydrogen (secondary N) is 3. The van der Waals surface area contributed by atoms with Gasteiger partial charge in [-0.3, -0.25) is 24.2 Å². The Labute approximate surface area is 252 Å². The molecule has 0 unspecified atom stereocenters. The molecule has 3 heterocycles. The Morgan fingerprint density at radius 1 is 1.02 bits per heavy atom. The van der Waals surface area contributed by atoms with E-state index in [2.05, 4.69) is 16.1 Å². The molecule has 0 aliphatic carbocycles. The highest BCUT2D eigenvalue weighted by atomic mass is 16.5. The number of carbonyl (C=O) groups is 4. The Morgan fingerprint density at radius 2 is 1.79 bits per heavy atom. The van der Waals surface area contributed by atoms with Crippen LogP contribution in [-0.4, -0.2) is 69.6 Å². The number of hydrogen-bond acceptors (Lipinski definition) is 8. The number of allylic oxidation sites excluding steroid dienone is 1. The first-order valence-electron chi connectivity index (χ1n) is 15.1. The van der Waals surface area contributed by atoms with Crippen LogP contribution in [0.25, 0.3) is 17.0 Å². The van der Waals surface area contributed by atoms with Crippen LogP contribution in [0.3, 0.4) is 0 Å². The third kappa shape index (κ3) is 8.61. The quantitative estimate of drug-likeness (QED) is 0.369. The van der Waals surface area contributed by atoms with Crippen LogP contribution in [0, 0.1) is 5.92 Å². The lowest BCUT2D eigenvalue weighted by Crippen LogP contribution is -2.61. The predicted molar refractivity (Wildman–Crippen MR) is 162 cm³/mol. The van der Waals surface area contributed by atoms with Crippen molar-refractivity contribution < 1.29 is 29.0 Å². The van der Waals surface area contributed by atoms with Gasteiger partial charge in [-0.1, -0.05) is 44.2 Å². The molecule has 1 aromatic carbocycles. The van der Waals surface area contributed by atoms with E-state index in [0.717, 1.165) is 16.5 Å². The second-order valence-corrected chi connectivity index (χ2v) is 11.8. The number of aliphatic hydroxyl groups is 1. The minimum atomic E-state index is -0.900. The molecular weight excluding hydrogens is 550 g/mol. The van der Waals surface area contributed by atoms with Gasteiger partial charge in [0, 0.05) is 18.4 Å². The summed E-state index contributed by atoms with van der Waals surface area (Å²) < 4.78 is 5.76. The molecule has 5 atom stereocenters. The number of hydrogen-bond donors (Lipinski definition) is 4. The summed E-state index contributed by atoms with van der Waals surface area (Å²) in [4.78, 5) is 56.8. The summed E-state index contributed by atoms with van der Waals surface area (Å²) in [6.45, 7) is 7.32. The summed E-state index contributed by atoms with van der Waals surface area (Å²) in [7, 11) is 0. The summed E-state index contributed by atoms with van der Waals surface area (Å²) in [6, 6.07) is 7.22. The SMILES string of the molecule is CC(C)[C@@H]1NC(=O)CC[C@H](O)CC/C=C/c2ccc3ccc(nc3c2)[C@@H](C)OC(=O)[C@@H]2CCCN(N2)C(=O)[C@H](C)NC1=O. The first-order valence-corrected chi connectivity index (χ1v) is 15.1. The number of benzene rings is 1. The maximum absolute atomic E-state index is 13.2. The lowest BCUT2D eigenvalue weighted by molar-refractivity contribution is -0.157. The molecule has 11 nitrogen and oxygen atoms in total. The van der Waals surface area contributed by atoms with Gasteiger partial charge in [-0.05, 0) is 69.6 Å². The van der Waals surface area contributed by atoms with Gasteiger partial charge in [-0.25, -0.2) is 10.4 Å². The number of amides is 3. The van der Waals surface area contributed by atoms with Crippen LogP contribution in [0.1, 0.15) is 83.6 Å². The molecule has 0 radical (unpaired) electrons. The average molecular weight is 594 g/mol. The van der Waals surface area contributed by atoms with Gasteiger partial charge in [0.15, 0.2) is 0 Å². The summed E-state index contributed by atoms with van der Waals surface area (Å²) in [5.74, 6) is -1.94. The Balaban J connectivity index is 1.55. The predicted octanol–water partition coefficient (Wildman–Crippen LogP) is 2.93. The summed E-state index contributed by atoms with van der Waals surface area (Å²) in [5, 5.41) is 18.2. The molecule has 2 aliphatic rings. The number of esters is 1. The molecule has 5 bridgehead atoms. The van der Waals surface area contributed by atoms with E-state index in [9.17, 15) is 24.3 Å². The van der Waals surface area contributed by atoms with Crippen molar-refractivity contribution in [1.82, 2.24) is 26.1 Å². The van der Waals surface area contributed by atoms with Crippen molar-refractivity contribution in [1.29, 1.82) is 0 Å². The second kappa shape index (κ2) is 14.6. The summed E-state index contributed by atoms with van der Waals surface area (Å²) in [6.07, 6.45) is 5.18. The highest BCUT2D eigenvalue weighted by Crippen LogP contribution is 2.22. The van der Waals surface area contributed by atoms with E-state index in [1.54, 1.807) is 13.8 Å². The number of ether oxygens (including phenoxy) is 1. The normalized spacial score (nSPS) is 27.8. The number of fused-ring (bicyclic) bond motifs is 4. The summed E-state index contributed by atoms with van der Waals surface area (Å²) >= 11 is 0. The summed E-state index contributed by atoms with van der Waals surface area (Å²) in [5.41, 5.74) is 5.29. The van der Waals surface area contributed by atoms with Crippen LogP contribution in [0.5, 0.6) is 0 Å². The standard InChI is InChI=1S/C32H43N5O6/c1-19(2)29-30(40)33-20(3)31(41)37-17-7-10-26(36-37)32(42)43-21(4)25-15-13-23-12-11-22(18-27(23)34-25)8-5-6-9-24(38)14-16-28(39)35-29/h5,8,11-13,15,18-21,24,26,29,36,38H,6-7,9-10,14,16-17H2,1-4H3,(H,33,40)(H,35,39)/b8-5+/t20-,21+,24+,26-,29-/m0/s1. The van der Waals surface area contributed by atoms with Crippen LogP contribution >= 0.6 is 0 Å². The maximum Gasteiger partial charge on any atom is 0.325 e. The van der Waals surface area contributed by atoms with Crippen molar-refractivity contribution in [2.75, 3.05) is 6.54 Å². The van der Waals surface area contributed by atoms with E-state index in [1.807, 2.05) is 56.3 Å². The zero-order chi connectivity index (χ0) is 31.1. The number of hydrazine groups is 1. The van der Waals surface area contributed by atoms with Crippen LogP contribution in [-0.2, 0) is 23.9 Å². The molecule has 0 saturated carbocycles. The largest absolute Gasteiger partial charge is 0.455 e. The van der Waals surface area contributed by atoms with E-state index < -0.39 is 48.1 Å². The minimum Gasteiger partial charge on any atom is -0.455 e. The Hall–Kier alpha value is -3.83. The number of aliphatic hydroxyl groups excluding tert-OH is 1. The van der Waals surface area contributed by atoms with E-state index in [0.29, 0.717) is 37.9 Å². The highest BCUT2D eigenvalue weighted by Gasteiger charge is 2.34. The molecule has 232 valence electrons. The lowest BCUT2D eigenvalue weighted by atomic mass is 10.0. The smallest absolute Gasteiger partial charge is 0.325 e. The maximum atomic E-state index is 13.2. The molecule has 0 spiro atoms. The molecule has 2 aliphatic heterocycles. The van der Waals surface area contributed by atoms with Crippen LogP contribution in [0.4, 0.5) is 0 Å². The molecule has 43 heavy (non-hydrogen) atoms. The molecular formula is C32H43N5O6. The fourth-order valence-electron chi connectivity index (χ4n) is 5.24. The molecule has 3 amide bonds. The number of pyridine rings is 1. The van der Waals surface area contributed by atoms with Gasteiger partial charge < -0.3 is 20.5 Å². The van der Waals surface area contributed by atoms with Gasteiger partial charge >= 0.3 is 5.97 Å². The van der Waals surface area contributed by atoms with Crippen LogP contribution in [0.15, 0.2) is 36.4 Å². The third-order valence-corrected chi connectivity index (χ3v) is 7.86. The number of cyclic esters (lactones) is 1. The number of nitrogens with zero attached hydrogens (tertiary/aromatic N) is 2. The lowest BCUT2D eigenvalue weighted by Gasteiger charge is -2.35. The first-order chi connectivity index (χ1) is 20.5. The van der Waals surface area contributed by atoms with Gasteiger partial charge in [0.2, 0.25) is 11.8 Å². The topological polar surface area (TPSA) is 150 Å². The molecule has 1 fully saturated rings. The molecule has 1 aromatic heterocycles. The van der Waals surface area contributed by atoms with Crippen molar-refractivity contribution in [3.8, 4) is 0 Å². The highest BCUT2D eigenvalue weighted by molar-refractivity contribution is 5.92. The van der Waals surface area contributed by atoms with Crippen molar-refractivity contribution >= 4 is 40.7 Å². The Bertz CT molecular complexity index is 1360. The Kier molecular flexibility index (Phi) is 10.9. The van der Waals surface area contributed by atoms with E-state index in [1.165, 1.54) is 5.01 Å². The molecule has 4 rings (SSSR count). The van der Waals surface area contributed by atoms with Gasteiger partial charge in [-0.15, -0.1) is 0 Å². The molecule has 2 aromatic rings. The minimum absolute atomic E-state index is 0.0716. The molecule has 11 heteroatoms. The van der Waals surface area contributed by atoms with Gasteiger partial charge in [0.1, 0.15) is 24.2 Å². The third-order valence-electron chi connectivity index (χ3n) is 7.86. The van der Waals surface area contributed by atoms with Gasteiger partial charge in [0.05, 0.1) is 17.3 Å². The van der Waals surface area contributed by atoms with Crippen molar-refractivity contribution in [2.24, 2.45) is 5.92 Å².